The lowest BCUT2D eigenvalue weighted by atomic mass is 10.1. The molecular weight excluding hydrogens is 441 g/mol. The zero-order valence-electron chi connectivity index (χ0n) is 17.1. The molecule has 3 aromatic rings. The van der Waals surface area contributed by atoms with Crippen LogP contribution in [0.3, 0.4) is 0 Å². The molecule has 0 saturated carbocycles. The van der Waals surface area contributed by atoms with E-state index >= 15 is 0 Å². The van der Waals surface area contributed by atoms with Crippen LogP contribution in [0.1, 0.15) is 15.9 Å². The standard InChI is InChI=1S/C22H21ClFN3O3S/c1-14-8-10-16(25-22(28)15-9-11-20(27(2)3)18(24)12-15)13-21(14)31(29,30)26-19-7-5-4-6-17(19)23/h4-13,26H,1-3H3,(H,25,28). The van der Waals surface area contributed by atoms with Gasteiger partial charge in [-0.25, -0.2) is 12.8 Å². The minimum atomic E-state index is -3.96. The molecule has 0 heterocycles. The van der Waals surface area contributed by atoms with Gasteiger partial charge < -0.3 is 10.2 Å². The summed E-state index contributed by atoms with van der Waals surface area (Å²) in [6.07, 6.45) is 0. The number of hydrogen-bond acceptors (Lipinski definition) is 4. The van der Waals surface area contributed by atoms with Gasteiger partial charge in [-0.2, -0.15) is 0 Å². The monoisotopic (exact) mass is 461 g/mol. The molecule has 0 aliphatic heterocycles. The largest absolute Gasteiger partial charge is 0.375 e. The summed E-state index contributed by atoms with van der Waals surface area (Å²) in [6.45, 7) is 1.64. The second-order valence-corrected chi connectivity index (χ2v) is 9.14. The first-order chi connectivity index (χ1) is 14.6. The number of halogens is 2. The summed E-state index contributed by atoms with van der Waals surface area (Å²) in [5.41, 5.74) is 1.45. The zero-order chi connectivity index (χ0) is 22.8. The highest BCUT2D eigenvalue weighted by atomic mass is 35.5. The Labute approximate surface area is 185 Å². The number of benzene rings is 3. The van der Waals surface area contributed by atoms with Gasteiger partial charge in [0.05, 0.1) is 21.3 Å². The summed E-state index contributed by atoms with van der Waals surface area (Å²) in [4.78, 5) is 14.1. The highest BCUT2D eigenvalue weighted by Gasteiger charge is 2.20. The molecule has 0 fully saturated rings. The molecule has 3 aromatic carbocycles. The number of hydrogen-bond donors (Lipinski definition) is 2. The van der Waals surface area contributed by atoms with Crippen molar-refractivity contribution in [3.63, 3.8) is 0 Å². The number of carbonyl (C=O) groups excluding carboxylic acids is 1. The molecule has 0 aliphatic carbocycles. The minimum Gasteiger partial charge on any atom is -0.375 e. The summed E-state index contributed by atoms with van der Waals surface area (Å²) in [7, 11) is -0.568. The Morgan fingerprint density at radius 3 is 2.39 bits per heavy atom. The molecule has 1 amide bonds. The summed E-state index contributed by atoms with van der Waals surface area (Å²) < 4.78 is 42.4. The number of anilines is 3. The van der Waals surface area contributed by atoms with Crippen molar-refractivity contribution >= 4 is 44.6 Å². The van der Waals surface area contributed by atoms with Crippen LogP contribution >= 0.6 is 11.6 Å². The Hall–Kier alpha value is -3.10. The van der Waals surface area contributed by atoms with Crippen LogP contribution in [0.2, 0.25) is 5.02 Å². The number of nitrogens with zero attached hydrogens (tertiary/aromatic N) is 1. The number of rotatable bonds is 6. The molecule has 2 N–H and O–H groups in total. The van der Waals surface area contributed by atoms with E-state index in [4.69, 9.17) is 11.6 Å². The SMILES string of the molecule is Cc1ccc(NC(=O)c2ccc(N(C)C)c(F)c2)cc1S(=O)(=O)Nc1ccccc1Cl. The predicted molar refractivity (Wildman–Crippen MR) is 122 cm³/mol. The Balaban J connectivity index is 1.86. The Bertz CT molecular complexity index is 1250. The number of carbonyl (C=O) groups is 1. The fourth-order valence-corrected chi connectivity index (χ4v) is 4.52. The second kappa shape index (κ2) is 8.95. The zero-order valence-corrected chi connectivity index (χ0v) is 18.7. The lowest BCUT2D eigenvalue weighted by molar-refractivity contribution is 0.102. The molecule has 0 spiro atoms. The van der Waals surface area contributed by atoms with Crippen LogP contribution in [0, 0.1) is 12.7 Å². The van der Waals surface area contributed by atoms with E-state index in [1.807, 2.05) is 0 Å². The maximum atomic E-state index is 14.2. The van der Waals surface area contributed by atoms with E-state index in [0.29, 0.717) is 11.3 Å². The molecule has 0 aliphatic rings. The van der Waals surface area contributed by atoms with Gasteiger partial charge in [0, 0.05) is 25.3 Å². The lowest BCUT2D eigenvalue weighted by Gasteiger charge is -2.15. The molecule has 0 atom stereocenters. The average molecular weight is 462 g/mol. The van der Waals surface area contributed by atoms with Gasteiger partial charge in [-0.15, -0.1) is 0 Å². The first-order valence-electron chi connectivity index (χ1n) is 9.25. The fourth-order valence-electron chi connectivity index (χ4n) is 2.93. The fraction of sp³-hybridized carbons (Fsp3) is 0.136. The quantitative estimate of drug-likeness (QED) is 0.547. The van der Waals surface area contributed by atoms with Gasteiger partial charge in [-0.05, 0) is 55.0 Å². The average Bonchev–Trinajstić information content (AvgIpc) is 2.70. The third-order valence-electron chi connectivity index (χ3n) is 4.55. The van der Waals surface area contributed by atoms with E-state index in [1.54, 1.807) is 62.3 Å². The van der Waals surface area contributed by atoms with E-state index in [0.717, 1.165) is 6.07 Å². The van der Waals surface area contributed by atoms with Crippen molar-refractivity contribution in [1.82, 2.24) is 0 Å². The number of sulfonamides is 1. The van der Waals surface area contributed by atoms with Crippen LogP contribution in [0.4, 0.5) is 21.5 Å². The number of para-hydroxylation sites is 1. The van der Waals surface area contributed by atoms with Crippen molar-refractivity contribution in [2.24, 2.45) is 0 Å². The summed E-state index contributed by atoms with van der Waals surface area (Å²) in [5.74, 6) is -1.09. The molecule has 0 saturated heterocycles. The van der Waals surface area contributed by atoms with Gasteiger partial charge in [0.15, 0.2) is 0 Å². The van der Waals surface area contributed by atoms with Gasteiger partial charge in [0.2, 0.25) is 0 Å². The second-order valence-electron chi connectivity index (χ2n) is 7.08. The third kappa shape index (κ3) is 5.15. The topological polar surface area (TPSA) is 78.5 Å². The van der Waals surface area contributed by atoms with Crippen LogP contribution in [-0.2, 0) is 10.0 Å². The molecule has 6 nitrogen and oxygen atoms in total. The van der Waals surface area contributed by atoms with E-state index in [1.165, 1.54) is 18.2 Å². The first kappa shape index (κ1) is 22.6. The van der Waals surface area contributed by atoms with Crippen LogP contribution in [0.15, 0.2) is 65.6 Å². The smallest absolute Gasteiger partial charge is 0.262 e. The highest BCUT2D eigenvalue weighted by Crippen LogP contribution is 2.27. The number of amides is 1. The van der Waals surface area contributed by atoms with Gasteiger partial charge >= 0.3 is 0 Å². The predicted octanol–water partition coefficient (Wildman–Crippen LogP) is 4.91. The molecule has 0 aromatic heterocycles. The molecule has 0 bridgehead atoms. The Morgan fingerprint density at radius 2 is 1.74 bits per heavy atom. The van der Waals surface area contributed by atoms with Crippen LogP contribution in [-0.4, -0.2) is 28.4 Å². The third-order valence-corrected chi connectivity index (χ3v) is 6.38. The number of nitrogens with one attached hydrogen (secondary N) is 2. The van der Waals surface area contributed by atoms with E-state index in [2.05, 4.69) is 10.0 Å². The molecule has 9 heteroatoms. The summed E-state index contributed by atoms with van der Waals surface area (Å²) in [5, 5.41) is 2.87. The molecule has 0 unspecified atom stereocenters. The molecular formula is C22H21ClFN3O3S. The maximum Gasteiger partial charge on any atom is 0.262 e. The van der Waals surface area contributed by atoms with Gasteiger partial charge in [0.1, 0.15) is 5.82 Å². The maximum absolute atomic E-state index is 14.2. The lowest BCUT2D eigenvalue weighted by Crippen LogP contribution is -2.17. The van der Waals surface area contributed by atoms with Crippen LogP contribution in [0.5, 0.6) is 0 Å². The molecule has 0 radical (unpaired) electrons. The van der Waals surface area contributed by atoms with Gasteiger partial charge in [-0.3, -0.25) is 9.52 Å². The minimum absolute atomic E-state index is 0.0145. The van der Waals surface area contributed by atoms with E-state index in [9.17, 15) is 17.6 Å². The Morgan fingerprint density at radius 1 is 1.03 bits per heavy atom. The molecule has 31 heavy (non-hydrogen) atoms. The van der Waals surface area contributed by atoms with Crippen LogP contribution in [0.25, 0.3) is 0 Å². The van der Waals surface area contributed by atoms with Crippen molar-refractivity contribution in [3.05, 3.63) is 82.6 Å². The van der Waals surface area contributed by atoms with E-state index in [-0.39, 0.29) is 26.9 Å². The molecule has 162 valence electrons. The van der Waals surface area contributed by atoms with Crippen molar-refractivity contribution in [2.45, 2.75) is 11.8 Å². The van der Waals surface area contributed by atoms with Crippen molar-refractivity contribution in [2.75, 3.05) is 29.0 Å². The summed E-state index contributed by atoms with van der Waals surface area (Å²) >= 11 is 6.05. The van der Waals surface area contributed by atoms with Crippen molar-refractivity contribution in [1.29, 1.82) is 0 Å². The van der Waals surface area contributed by atoms with Gasteiger partial charge in [-0.1, -0.05) is 29.8 Å². The molecule has 3 rings (SSSR count). The van der Waals surface area contributed by atoms with Crippen molar-refractivity contribution in [3.8, 4) is 0 Å². The summed E-state index contributed by atoms with van der Waals surface area (Å²) in [6, 6.07) is 15.1. The van der Waals surface area contributed by atoms with Crippen molar-refractivity contribution < 1.29 is 17.6 Å². The van der Waals surface area contributed by atoms with Gasteiger partial charge in [0.25, 0.3) is 15.9 Å². The van der Waals surface area contributed by atoms with E-state index < -0.39 is 21.7 Å². The Kier molecular flexibility index (Phi) is 6.52. The first-order valence-corrected chi connectivity index (χ1v) is 11.1. The normalized spacial score (nSPS) is 11.1. The van der Waals surface area contributed by atoms with Crippen LogP contribution < -0.4 is 14.9 Å². The highest BCUT2D eigenvalue weighted by molar-refractivity contribution is 7.92. The number of aryl methyl sites for hydroxylation is 1.